The van der Waals surface area contributed by atoms with Crippen molar-refractivity contribution in [3.05, 3.63) is 52.8 Å². The second-order valence-corrected chi connectivity index (χ2v) is 6.06. The number of alkyl halides is 3. The van der Waals surface area contributed by atoms with Crippen molar-refractivity contribution in [1.29, 1.82) is 5.41 Å². The molecule has 0 fully saturated rings. The topological polar surface area (TPSA) is 92.4 Å². The van der Waals surface area contributed by atoms with Gasteiger partial charge in [0.25, 0.3) is 0 Å². The van der Waals surface area contributed by atoms with E-state index in [2.05, 4.69) is 25.3 Å². The zero-order valence-electron chi connectivity index (χ0n) is 14.6. The number of halogens is 4. The largest absolute Gasteiger partial charge is 0.434 e. The van der Waals surface area contributed by atoms with Crippen LogP contribution in [0.2, 0.25) is 5.28 Å². The number of hydrogen-bond acceptors (Lipinski definition) is 6. The molecule has 3 heterocycles. The molecule has 0 unspecified atom stereocenters. The van der Waals surface area contributed by atoms with Crippen LogP contribution in [0.5, 0.6) is 0 Å². The molecule has 0 saturated heterocycles. The Balaban J connectivity index is 1.78. The number of nitrogens with one attached hydrogen (secondary N) is 2. The first kappa shape index (κ1) is 19.7. The van der Waals surface area contributed by atoms with Gasteiger partial charge in [-0.1, -0.05) is 6.07 Å². The van der Waals surface area contributed by atoms with Crippen molar-refractivity contribution in [3.63, 3.8) is 0 Å². The van der Waals surface area contributed by atoms with Gasteiger partial charge in [0.15, 0.2) is 11.5 Å². The van der Waals surface area contributed by atoms with Crippen molar-refractivity contribution in [3.8, 4) is 11.5 Å². The molecule has 0 aliphatic heterocycles. The fourth-order valence-corrected chi connectivity index (χ4v) is 2.60. The molecule has 0 aliphatic carbocycles. The Morgan fingerprint density at radius 2 is 2.00 bits per heavy atom. The zero-order chi connectivity index (χ0) is 20.3. The predicted molar refractivity (Wildman–Crippen MR) is 98.4 cm³/mol. The Labute approximate surface area is 163 Å². The summed E-state index contributed by atoms with van der Waals surface area (Å²) in [5, 5.41) is 10.4. The molecule has 0 radical (unpaired) electrons. The van der Waals surface area contributed by atoms with Crippen molar-refractivity contribution >= 4 is 23.6 Å². The van der Waals surface area contributed by atoms with Crippen LogP contribution in [0.4, 0.5) is 19.0 Å². The average molecular weight is 410 g/mol. The summed E-state index contributed by atoms with van der Waals surface area (Å²) in [6.45, 7) is 2.40. The van der Waals surface area contributed by atoms with Gasteiger partial charge in [0.2, 0.25) is 5.28 Å². The maximum atomic E-state index is 12.9. The fraction of sp³-hybridized carbons (Fsp3) is 0.235. The third kappa shape index (κ3) is 4.28. The van der Waals surface area contributed by atoms with Crippen LogP contribution in [0.3, 0.4) is 0 Å². The van der Waals surface area contributed by atoms with Gasteiger partial charge in [0.1, 0.15) is 11.5 Å². The highest BCUT2D eigenvalue weighted by atomic mass is 35.5. The molecule has 11 heteroatoms. The summed E-state index contributed by atoms with van der Waals surface area (Å²) in [4.78, 5) is 15.7. The van der Waals surface area contributed by atoms with Gasteiger partial charge in [0.05, 0.1) is 5.56 Å². The number of aryl methyl sites for hydroxylation is 1. The van der Waals surface area contributed by atoms with Gasteiger partial charge in [0, 0.05) is 37.9 Å². The number of rotatable bonds is 6. The molecular weight excluding hydrogens is 395 g/mol. The smallest absolute Gasteiger partial charge is 0.365 e. The van der Waals surface area contributed by atoms with Crippen molar-refractivity contribution in [2.24, 2.45) is 0 Å². The second kappa shape index (κ2) is 7.93. The molecule has 146 valence electrons. The van der Waals surface area contributed by atoms with Gasteiger partial charge in [-0.25, -0.2) is 15.0 Å². The lowest BCUT2D eigenvalue weighted by atomic mass is 10.2. The van der Waals surface area contributed by atoms with Crippen LogP contribution < -0.4 is 5.32 Å². The van der Waals surface area contributed by atoms with E-state index in [1.165, 1.54) is 17.0 Å². The molecule has 0 amide bonds. The van der Waals surface area contributed by atoms with Crippen LogP contribution in [-0.4, -0.2) is 30.7 Å². The van der Waals surface area contributed by atoms with Crippen molar-refractivity contribution in [2.45, 2.75) is 26.2 Å². The van der Waals surface area contributed by atoms with Crippen LogP contribution in [-0.2, 0) is 19.3 Å². The Kier molecular flexibility index (Phi) is 5.59. The maximum Gasteiger partial charge on any atom is 0.434 e. The summed E-state index contributed by atoms with van der Waals surface area (Å²) < 4.78 is 40.1. The number of nitrogens with zero attached hydrogens (tertiary/aromatic N) is 5. The lowest BCUT2D eigenvalue weighted by molar-refractivity contribution is -0.140. The Hall–Kier alpha value is -3.01. The number of pyridine rings is 1. The quantitative estimate of drug-likeness (QED) is 0.473. The van der Waals surface area contributed by atoms with Crippen LogP contribution in [0.1, 0.15) is 23.7 Å². The van der Waals surface area contributed by atoms with Crippen molar-refractivity contribution in [1.82, 2.24) is 24.5 Å². The molecule has 7 nitrogen and oxygen atoms in total. The number of imidazole rings is 1. The Morgan fingerprint density at radius 3 is 2.61 bits per heavy atom. The normalized spacial score (nSPS) is 11.5. The van der Waals surface area contributed by atoms with Gasteiger partial charge >= 0.3 is 6.18 Å². The molecule has 0 bridgehead atoms. The van der Waals surface area contributed by atoms with E-state index in [1.807, 2.05) is 0 Å². The molecule has 0 atom stereocenters. The highest BCUT2D eigenvalue weighted by Gasteiger charge is 2.34. The summed E-state index contributed by atoms with van der Waals surface area (Å²) in [7, 11) is 0. The number of anilines is 1. The highest BCUT2D eigenvalue weighted by Crippen LogP contribution is 2.30. The Bertz CT molecular complexity index is 983. The molecule has 0 aliphatic rings. The molecular formula is C17H15ClF3N7. The average Bonchev–Trinajstić information content (AvgIpc) is 3.12. The third-order valence-electron chi connectivity index (χ3n) is 3.86. The fourth-order valence-electron chi connectivity index (χ4n) is 2.46. The molecule has 2 N–H and O–H groups in total. The van der Waals surface area contributed by atoms with Gasteiger partial charge in [-0.05, 0) is 30.2 Å². The minimum Gasteiger partial charge on any atom is -0.365 e. The number of aromatic nitrogens is 5. The summed E-state index contributed by atoms with van der Waals surface area (Å²) in [6, 6.07) is 3.33. The van der Waals surface area contributed by atoms with E-state index in [9.17, 15) is 13.2 Å². The second-order valence-electron chi connectivity index (χ2n) is 5.73. The lowest BCUT2D eigenvalue weighted by Gasteiger charge is -2.09. The summed E-state index contributed by atoms with van der Waals surface area (Å²) in [5.74, 6) is 0.554. The van der Waals surface area contributed by atoms with E-state index in [0.29, 0.717) is 30.2 Å². The van der Waals surface area contributed by atoms with E-state index in [0.717, 1.165) is 18.0 Å². The van der Waals surface area contributed by atoms with Gasteiger partial charge < -0.3 is 15.3 Å². The van der Waals surface area contributed by atoms with E-state index in [-0.39, 0.29) is 11.1 Å². The molecule has 0 aromatic carbocycles. The minimum absolute atomic E-state index is 0.0495. The van der Waals surface area contributed by atoms with Gasteiger partial charge in [-0.2, -0.15) is 13.2 Å². The first-order valence-electron chi connectivity index (χ1n) is 8.18. The van der Waals surface area contributed by atoms with Crippen LogP contribution >= 0.6 is 11.6 Å². The summed E-state index contributed by atoms with van der Waals surface area (Å²) in [6.07, 6.45) is 0.531. The van der Waals surface area contributed by atoms with Crippen molar-refractivity contribution in [2.75, 3.05) is 5.32 Å². The van der Waals surface area contributed by atoms with Gasteiger partial charge in [-0.15, -0.1) is 0 Å². The van der Waals surface area contributed by atoms with Crippen LogP contribution in [0.15, 0.2) is 30.7 Å². The maximum absolute atomic E-state index is 12.9. The monoisotopic (exact) mass is 409 g/mol. The Morgan fingerprint density at radius 1 is 1.21 bits per heavy atom. The van der Waals surface area contributed by atoms with E-state index >= 15 is 0 Å². The predicted octanol–water partition coefficient (Wildman–Crippen LogP) is 4.04. The molecule has 0 saturated carbocycles. The molecule has 28 heavy (non-hydrogen) atoms. The first-order chi connectivity index (χ1) is 13.3. The molecule has 0 spiro atoms. The van der Waals surface area contributed by atoms with E-state index in [4.69, 9.17) is 17.0 Å². The SMILES string of the molecule is CCn1cc(C(F)(F)F)nc1-c1ccc(CNc2nc(Cl)ncc2C=N)cn1. The standard InChI is InChI=1S/C17H15ClF3N7/c1-2-28-9-13(17(19,20)21)26-15(28)12-4-3-10(6-23-12)7-24-14-11(5-22)8-25-16(18)27-14/h3-6,8-9,22H,2,7H2,1H3,(H,24,25,27). The number of hydrogen-bond donors (Lipinski definition) is 2. The summed E-state index contributed by atoms with van der Waals surface area (Å²) in [5.41, 5.74) is 0.627. The van der Waals surface area contributed by atoms with Crippen LogP contribution in [0, 0.1) is 5.41 Å². The third-order valence-corrected chi connectivity index (χ3v) is 4.05. The first-order valence-corrected chi connectivity index (χ1v) is 8.56. The zero-order valence-corrected chi connectivity index (χ0v) is 15.4. The van der Waals surface area contributed by atoms with Gasteiger partial charge in [-0.3, -0.25) is 4.98 Å². The lowest BCUT2D eigenvalue weighted by Crippen LogP contribution is -2.06. The molecule has 3 rings (SSSR count). The summed E-state index contributed by atoms with van der Waals surface area (Å²) >= 11 is 5.77. The van der Waals surface area contributed by atoms with E-state index in [1.54, 1.807) is 19.1 Å². The van der Waals surface area contributed by atoms with Crippen molar-refractivity contribution < 1.29 is 13.2 Å². The van der Waals surface area contributed by atoms with E-state index < -0.39 is 11.9 Å². The minimum atomic E-state index is -4.51. The molecule has 3 aromatic heterocycles. The molecule has 3 aromatic rings. The highest BCUT2D eigenvalue weighted by molar-refractivity contribution is 6.28. The van der Waals surface area contributed by atoms with Crippen LogP contribution in [0.25, 0.3) is 11.5 Å².